The first-order valence-corrected chi connectivity index (χ1v) is 4.38. The van der Waals surface area contributed by atoms with Crippen LogP contribution in [0.25, 0.3) is 11.2 Å². The third kappa shape index (κ3) is 1.63. The predicted molar refractivity (Wildman–Crippen MR) is 52.2 cm³/mol. The molecule has 0 spiro atoms. The van der Waals surface area contributed by atoms with Crippen LogP contribution in [0.2, 0.25) is 5.15 Å². The molecule has 0 amide bonds. The molecule has 15 heavy (non-hydrogen) atoms. The summed E-state index contributed by atoms with van der Waals surface area (Å²) in [6.45, 7) is 1.55. The van der Waals surface area contributed by atoms with Gasteiger partial charge in [-0.25, -0.2) is 9.78 Å². The van der Waals surface area contributed by atoms with E-state index in [9.17, 15) is 4.79 Å². The highest BCUT2D eigenvalue weighted by Crippen LogP contribution is 2.20. The standard InChI is InChI=1S/C8H6ClN3O3/c1-3-10-6-4(8(13)15-3)11-5(9)7(12-6)14-2/h1-2H3. The van der Waals surface area contributed by atoms with E-state index in [0.29, 0.717) is 0 Å². The summed E-state index contributed by atoms with van der Waals surface area (Å²) >= 11 is 5.71. The second kappa shape index (κ2) is 3.47. The Morgan fingerprint density at radius 1 is 1.33 bits per heavy atom. The van der Waals surface area contributed by atoms with E-state index in [1.807, 2.05) is 0 Å². The summed E-state index contributed by atoms with van der Waals surface area (Å²) in [7, 11) is 1.40. The van der Waals surface area contributed by atoms with Crippen LogP contribution in [0.15, 0.2) is 9.21 Å². The second-order valence-corrected chi connectivity index (χ2v) is 3.07. The van der Waals surface area contributed by atoms with E-state index in [-0.39, 0.29) is 28.1 Å². The molecule has 0 fully saturated rings. The van der Waals surface area contributed by atoms with E-state index in [4.69, 9.17) is 20.8 Å². The maximum atomic E-state index is 11.3. The summed E-state index contributed by atoms with van der Waals surface area (Å²) in [6, 6.07) is 0. The molecule has 2 aromatic heterocycles. The third-order valence-electron chi connectivity index (χ3n) is 1.70. The third-order valence-corrected chi connectivity index (χ3v) is 1.94. The minimum absolute atomic E-state index is 0.00273. The van der Waals surface area contributed by atoms with Gasteiger partial charge in [0.2, 0.25) is 0 Å². The van der Waals surface area contributed by atoms with Gasteiger partial charge in [0.1, 0.15) is 0 Å². The SMILES string of the molecule is COc1nc2nc(C)oc(=O)c2nc1Cl. The molecule has 0 aliphatic rings. The minimum Gasteiger partial charge on any atom is -0.479 e. The number of ether oxygens (including phenoxy) is 1. The van der Waals surface area contributed by atoms with Crippen molar-refractivity contribution < 1.29 is 9.15 Å². The van der Waals surface area contributed by atoms with Gasteiger partial charge in [0.15, 0.2) is 22.2 Å². The molecule has 2 heterocycles. The van der Waals surface area contributed by atoms with E-state index in [0.717, 1.165) is 0 Å². The van der Waals surface area contributed by atoms with Crippen molar-refractivity contribution in [1.82, 2.24) is 15.0 Å². The molecule has 6 nitrogen and oxygen atoms in total. The number of aryl methyl sites for hydroxylation is 1. The van der Waals surface area contributed by atoms with Gasteiger partial charge in [-0.2, -0.15) is 9.97 Å². The smallest absolute Gasteiger partial charge is 0.367 e. The quantitative estimate of drug-likeness (QED) is 0.722. The number of aromatic nitrogens is 3. The van der Waals surface area contributed by atoms with Crippen LogP contribution < -0.4 is 10.4 Å². The van der Waals surface area contributed by atoms with Crippen LogP contribution in [-0.4, -0.2) is 22.1 Å². The topological polar surface area (TPSA) is 78.1 Å². The van der Waals surface area contributed by atoms with E-state index >= 15 is 0 Å². The molecule has 0 saturated carbocycles. The highest BCUT2D eigenvalue weighted by Gasteiger charge is 2.12. The van der Waals surface area contributed by atoms with Crippen LogP contribution >= 0.6 is 11.6 Å². The van der Waals surface area contributed by atoms with Gasteiger partial charge >= 0.3 is 5.63 Å². The van der Waals surface area contributed by atoms with Crippen LogP contribution in [0.3, 0.4) is 0 Å². The average Bonchev–Trinajstić information content (AvgIpc) is 2.18. The van der Waals surface area contributed by atoms with Crippen LogP contribution in [0.5, 0.6) is 5.88 Å². The van der Waals surface area contributed by atoms with Crippen molar-refractivity contribution in [2.45, 2.75) is 6.92 Å². The fraction of sp³-hybridized carbons (Fsp3) is 0.250. The average molecular weight is 228 g/mol. The molecule has 2 rings (SSSR count). The van der Waals surface area contributed by atoms with Gasteiger partial charge in [-0.1, -0.05) is 11.6 Å². The van der Waals surface area contributed by atoms with Crippen LogP contribution in [0, 0.1) is 6.92 Å². The number of rotatable bonds is 1. The van der Waals surface area contributed by atoms with Gasteiger partial charge in [-0.05, 0) is 0 Å². The lowest BCUT2D eigenvalue weighted by Crippen LogP contribution is -2.07. The lowest BCUT2D eigenvalue weighted by atomic mass is 10.5. The van der Waals surface area contributed by atoms with Crippen molar-refractivity contribution in [3.8, 4) is 5.88 Å². The first kappa shape index (κ1) is 9.85. The van der Waals surface area contributed by atoms with E-state index in [1.54, 1.807) is 6.92 Å². The molecule has 0 aliphatic heterocycles. The molecule has 0 N–H and O–H groups in total. The van der Waals surface area contributed by atoms with Crippen molar-refractivity contribution in [2.75, 3.05) is 7.11 Å². The molecular weight excluding hydrogens is 222 g/mol. The van der Waals surface area contributed by atoms with E-state index < -0.39 is 5.63 Å². The van der Waals surface area contributed by atoms with Gasteiger partial charge in [-0.3, -0.25) is 0 Å². The van der Waals surface area contributed by atoms with Gasteiger partial charge < -0.3 is 9.15 Å². The fourth-order valence-corrected chi connectivity index (χ4v) is 1.29. The zero-order valence-corrected chi connectivity index (χ0v) is 8.70. The van der Waals surface area contributed by atoms with Crippen molar-refractivity contribution >= 4 is 22.8 Å². The van der Waals surface area contributed by atoms with Crippen molar-refractivity contribution in [2.24, 2.45) is 0 Å². The number of fused-ring (bicyclic) bond motifs is 1. The number of hydrogen-bond acceptors (Lipinski definition) is 6. The summed E-state index contributed by atoms with van der Waals surface area (Å²) in [4.78, 5) is 23.0. The number of nitrogens with zero attached hydrogens (tertiary/aromatic N) is 3. The Kier molecular flexibility index (Phi) is 2.28. The summed E-state index contributed by atoms with van der Waals surface area (Å²) < 4.78 is 9.60. The van der Waals surface area contributed by atoms with Crippen LogP contribution in [0.4, 0.5) is 0 Å². The second-order valence-electron chi connectivity index (χ2n) is 2.72. The van der Waals surface area contributed by atoms with Gasteiger partial charge in [0.05, 0.1) is 7.11 Å². The lowest BCUT2D eigenvalue weighted by Gasteiger charge is -2.01. The summed E-state index contributed by atoms with van der Waals surface area (Å²) in [5.74, 6) is 0.341. The van der Waals surface area contributed by atoms with Gasteiger partial charge in [0.25, 0.3) is 5.88 Å². The molecule has 0 radical (unpaired) electrons. The Morgan fingerprint density at radius 2 is 2.07 bits per heavy atom. The zero-order chi connectivity index (χ0) is 11.0. The van der Waals surface area contributed by atoms with E-state index in [1.165, 1.54) is 7.11 Å². The number of hydrogen-bond donors (Lipinski definition) is 0. The molecule has 2 aromatic rings. The lowest BCUT2D eigenvalue weighted by molar-refractivity contribution is 0.396. The van der Waals surface area contributed by atoms with E-state index in [2.05, 4.69) is 15.0 Å². The first-order valence-electron chi connectivity index (χ1n) is 4.01. The number of halogens is 1. The zero-order valence-electron chi connectivity index (χ0n) is 7.94. The fourth-order valence-electron chi connectivity index (χ4n) is 1.09. The molecule has 0 saturated heterocycles. The Bertz CT molecular complexity index is 581. The Hall–Kier alpha value is -1.69. The monoisotopic (exact) mass is 227 g/mol. The minimum atomic E-state index is -0.616. The number of methoxy groups -OCH3 is 1. The highest BCUT2D eigenvalue weighted by molar-refractivity contribution is 6.30. The Balaban J connectivity index is 2.87. The van der Waals surface area contributed by atoms with Crippen molar-refractivity contribution in [1.29, 1.82) is 0 Å². The maximum absolute atomic E-state index is 11.3. The molecule has 7 heteroatoms. The largest absolute Gasteiger partial charge is 0.479 e. The van der Waals surface area contributed by atoms with Crippen LogP contribution in [-0.2, 0) is 0 Å². The molecule has 0 aliphatic carbocycles. The molecule has 78 valence electrons. The van der Waals surface area contributed by atoms with Crippen molar-refractivity contribution in [3.05, 3.63) is 21.5 Å². The first-order chi connectivity index (χ1) is 7.11. The predicted octanol–water partition coefficient (Wildman–Crippen LogP) is 0.948. The molecule has 0 aromatic carbocycles. The van der Waals surface area contributed by atoms with Gasteiger partial charge in [0, 0.05) is 6.92 Å². The Morgan fingerprint density at radius 3 is 2.73 bits per heavy atom. The highest BCUT2D eigenvalue weighted by atomic mass is 35.5. The Labute approximate surface area is 88.9 Å². The van der Waals surface area contributed by atoms with Crippen LogP contribution in [0.1, 0.15) is 5.89 Å². The van der Waals surface area contributed by atoms with Gasteiger partial charge in [-0.15, -0.1) is 0 Å². The van der Waals surface area contributed by atoms with Crippen molar-refractivity contribution in [3.63, 3.8) is 0 Å². The molecule has 0 atom stereocenters. The maximum Gasteiger partial charge on any atom is 0.367 e. The molecule has 0 bridgehead atoms. The normalized spacial score (nSPS) is 10.6. The summed E-state index contributed by atoms with van der Waals surface area (Å²) in [5.41, 5.74) is -0.467. The molecular formula is C8H6ClN3O3. The molecule has 0 unspecified atom stereocenters. The summed E-state index contributed by atoms with van der Waals surface area (Å²) in [6.07, 6.45) is 0. The summed E-state index contributed by atoms with van der Waals surface area (Å²) in [5, 5.41) is 0.00273.